The summed E-state index contributed by atoms with van der Waals surface area (Å²) >= 11 is 0. The molecule has 1 saturated heterocycles. The van der Waals surface area contributed by atoms with E-state index in [9.17, 15) is 4.79 Å². The topological polar surface area (TPSA) is 139 Å². The lowest BCUT2D eigenvalue weighted by atomic mass is 9.80. The number of nitrogens with one attached hydrogen (secondary N) is 3. The molecule has 1 aromatic heterocycles. The van der Waals surface area contributed by atoms with Crippen molar-refractivity contribution in [2.24, 2.45) is 22.7 Å². The Kier molecular flexibility index (Phi) is 9.31. The monoisotopic (exact) mass is 514 g/mol. The number of nitrogens with zero attached hydrogens (tertiary/aromatic N) is 5. The number of carbonyl (C=O) groups is 1. The summed E-state index contributed by atoms with van der Waals surface area (Å²) in [4.78, 5) is 29.3. The van der Waals surface area contributed by atoms with Gasteiger partial charge in [-0.05, 0) is 57.1 Å². The Hall–Kier alpha value is -2.79. The first-order chi connectivity index (χ1) is 17.8. The zero-order valence-electron chi connectivity index (χ0n) is 22.2. The van der Waals surface area contributed by atoms with E-state index < -0.39 is 6.09 Å². The largest absolute Gasteiger partial charge is 0.465 e. The first-order valence-electron chi connectivity index (χ1n) is 13.6. The molecule has 2 heterocycles. The smallest absolute Gasteiger partial charge is 0.410 e. The molecule has 204 valence electrons. The van der Waals surface area contributed by atoms with Crippen LogP contribution in [0.15, 0.2) is 4.99 Å². The summed E-state index contributed by atoms with van der Waals surface area (Å²) < 4.78 is 5.58. The van der Waals surface area contributed by atoms with Gasteiger partial charge in [0.2, 0.25) is 0 Å². The lowest BCUT2D eigenvalue weighted by Gasteiger charge is -2.39. The van der Waals surface area contributed by atoms with Gasteiger partial charge in [0.05, 0.1) is 19.9 Å². The average Bonchev–Trinajstić information content (AvgIpc) is 2.83. The molecule has 1 aliphatic heterocycles. The van der Waals surface area contributed by atoms with Crippen molar-refractivity contribution in [2.75, 3.05) is 49.7 Å². The van der Waals surface area contributed by atoms with Crippen LogP contribution in [-0.2, 0) is 4.74 Å². The van der Waals surface area contributed by atoms with Gasteiger partial charge in [0.1, 0.15) is 5.69 Å². The van der Waals surface area contributed by atoms with Crippen LogP contribution in [0.1, 0.15) is 64.6 Å². The molecule has 1 unspecified atom stereocenters. The summed E-state index contributed by atoms with van der Waals surface area (Å²) in [7, 11) is 0. The third kappa shape index (κ3) is 7.16. The molecule has 0 aromatic carbocycles. The van der Waals surface area contributed by atoms with Gasteiger partial charge in [-0.25, -0.2) is 19.8 Å². The van der Waals surface area contributed by atoms with E-state index in [1.54, 1.807) is 0 Å². The summed E-state index contributed by atoms with van der Waals surface area (Å²) in [6, 6.07) is 0.176. The van der Waals surface area contributed by atoms with Crippen molar-refractivity contribution in [3.8, 4) is 0 Å². The van der Waals surface area contributed by atoms with Crippen molar-refractivity contribution in [1.82, 2.24) is 20.2 Å². The van der Waals surface area contributed by atoms with E-state index in [0.29, 0.717) is 43.4 Å². The van der Waals surface area contributed by atoms with Crippen LogP contribution in [0.5, 0.6) is 0 Å². The molecule has 1 amide bonds. The number of anilines is 2. The molecule has 0 spiro atoms. The highest BCUT2D eigenvalue weighted by atomic mass is 16.5. The Labute approximate surface area is 219 Å². The first-order valence-corrected chi connectivity index (χ1v) is 13.6. The second-order valence-electron chi connectivity index (χ2n) is 10.9. The predicted molar refractivity (Wildman–Crippen MR) is 145 cm³/mol. The van der Waals surface area contributed by atoms with Gasteiger partial charge in [-0.15, -0.1) is 0 Å². The molecule has 11 heteroatoms. The fraction of sp³-hybridized carbons (Fsp3) is 0.731. The van der Waals surface area contributed by atoms with E-state index in [1.165, 1.54) is 44.9 Å². The highest BCUT2D eigenvalue weighted by molar-refractivity contribution is 6.02. The van der Waals surface area contributed by atoms with E-state index in [0.717, 1.165) is 31.2 Å². The van der Waals surface area contributed by atoms with Gasteiger partial charge in [0.25, 0.3) is 0 Å². The quantitative estimate of drug-likeness (QED) is 0.272. The molecule has 2 aliphatic carbocycles. The summed E-state index contributed by atoms with van der Waals surface area (Å²) in [5.74, 6) is 2.42. The van der Waals surface area contributed by atoms with Crippen LogP contribution in [0.2, 0.25) is 0 Å². The number of aliphatic imine (C=N–C) groups is 1. The van der Waals surface area contributed by atoms with Crippen LogP contribution in [0.4, 0.5) is 22.1 Å². The molecule has 0 radical (unpaired) electrons. The predicted octanol–water partition coefficient (Wildman–Crippen LogP) is 3.92. The number of carboxylic acid groups (broad SMARTS) is 1. The van der Waals surface area contributed by atoms with E-state index in [-0.39, 0.29) is 17.7 Å². The number of hydrogen-bond acceptors (Lipinski definition) is 9. The molecular weight excluding hydrogens is 472 g/mol. The molecule has 11 nitrogen and oxygen atoms in total. The number of amidine groups is 1. The summed E-state index contributed by atoms with van der Waals surface area (Å²) in [5.41, 5.74) is 0.776. The Morgan fingerprint density at radius 2 is 1.95 bits per heavy atom. The number of aromatic nitrogens is 2. The van der Waals surface area contributed by atoms with Crippen LogP contribution in [0, 0.1) is 23.2 Å². The van der Waals surface area contributed by atoms with Crippen LogP contribution in [-0.4, -0.2) is 84.2 Å². The molecule has 3 fully saturated rings. The van der Waals surface area contributed by atoms with Gasteiger partial charge in [-0.1, -0.05) is 26.2 Å². The molecule has 4 N–H and O–H groups in total. The third-order valence-corrected chi connectivity index (χ3v) is 8.10. The second kappa shape index (κ2) is 12.6. The normalized spacial score (nSPS) is 23.5. The Morgan fingerprint density at radius 1 is 1.24 bits per heavy atom. The summed E-state index contributed by atoms with van der Waals surface area (Å²) in [5, 5.41) is 23.0. The second-order valence-corrected chi connectivity index (χ2v) is 10.9. The average molecular weight is 515 g/mol. The molecule has 37 heavy (non-hydrogen) atoms. The van der Waals surface area contributed by atoms with Crippen LogP contribution < -0.4 is 15.5 Å². The number of hydrogen-bond donors (Lipinski definition) is 4. The Bertz CT molecular complexity index is 955. The number of ether oxygens (including phenoxy) is 1. The van der Waals surface area contributed by atoms with E-state index >= 15 is 0 Å². The van der Waals surface area contributed by atoms with E-state index in [4.69, 9.17) is 15.3 Å². The lowest BCUT2D eigenvalue weighted by molar-refractivity contribution is 0.0374. The summed E-state index contributed by atoms with van der Waals surface area (Å²) in [6.07, 6.45) is 7.08. The first kappa shape index (κ1) is 27.3. The molecule has 4 rings (SSSR count). The van der Waals surface area contributed by atoms with Gasteiger partial charge in [-0.3, -0.25) is 15.6 Å². The molecular formula is C26H42N8O3. The Morgan fingerprint density at radius 3 is 2.54 bits per heavy atom. The van der Waals surface area contributed by atoms with E-state index in [2.05, 4.69) is 56.0 Å². The minimum absolute atomic E-state index is 0.0188. The molecule has 1 atom stereocenters. The van der Waals surface area contributed by atoms with Crippen molar-refractivity contribution < 1.29 is 14.6 Å². The van der Waals surface area contributed by atoms with Crippen molar-refractivity contribution >= 4 is 36.0 Å². The van der Waals surface area contributed by atoms with Gasteiger partial charge in [0.15, 0.2) is 23.3 Å². The van der Waals surface area contributed by atoms with Gasteiger partial charge in [0, 0.05) is 25.7 Å². The SMILES string of the molecule is C=Nc1nc(C(=N)NC(=O)O)nc(NC(C)C2CCC2)c1N(CC1CCC(C)CC1)CN1CCOCC1. The summed E-state index contributed by atoms with van der Waals surface area (Å²) in [6.45, 7) is 12.9. The number of morpholine rings is 1. The van der Waals surface area contributed by atoms with Crippen molar-refractivity contribution in [2.45, 2.75) is 64.8 Å². The fourth-order valence-electron chi connectivity index (χ4n) is 5.52. The van der Waals surface area contributed by atoms with Gasteiger partial charge >= 0.3 is 6.09 Å². The minimum atomic E-state index is -1.33. The van der Waals surface area contributed by atoms with Crippen molar-refractivity contribution in [3.63, 3.8) is 0 Å². The van der Waals surface area contributed by atoms with Crippen LogP contribution >= 0.6 is 0 Å². The molecule has 3 aliphatic rings. The highest BCUT2D eigenvalue weighted by Crippen LogP contribution is 2.39. The number of rotatable bonds is 10. The van der Waals surface area contributed by atoms with Gasteiger partial charge < -0.3 is 20.1 Å². The van der Waals surface area contributed by atoms with E-state index in [1.807, 2.05) is 0 Å². The zero-order valence-corrected chi connectivity index (χ0v) is 22.2. The Balaban J connectivity index is 1.71. The fourth-order valence-corrected chi connectivity index (χ4v) is 5.52. The number of amides is 1. The molecule has 1 aromatic rings. The minimum Gasteiger partial charge on any atom is -0.465 e. The maximum atomic E-state index is 11.2. The maximum absolute atomic E-state index is 11.2. The maximum Gasteiger partial charge on any atom is 0.410 e. The third-order valence-electron chi connectivity index (χ3n) is 8.10. The lowest BCUT2D eigenvalue weighted by Crippen LogP contribution is -2.46. The van der Waals surface area contributed by atoms with Crippen molar-refractivity contribution in [1.29, 1.82) is 5.41 Å². The molecule has 2 saturated carbocycles. The van der Waals surface area contributed by atoms with Gasteiger partial charge in [-0.2, -0.15) is 0 Å². The zero-order chi connectivity index (χ0) is 26.4. The van der Waals surface area contributed by atoms with Crippen molar-refractivity contribution in [3.05, 3.63) is 5.82 Å². The standard InChI is InChI=1S/C26H42N8O3/c1-17-7-9-19(10-8-17)15-34(16-33-11-13-37-14-12-33)21-23(28-3)31-25(22(27)30-26(35)36)32-24(21)29-18(2)20-5-4-6-20/h17-20H,3-16H2,1-2H3,(H2,27,30)(H,35,36)(H,29,31,32). The van der Waals surface area contributed by atoms with Crippen LogP contribution in [0.3, 0.4) is 0 Å². The molecule has 0 bridgehead atoms. The highest BCUT2D eigenvalue weighted by Gasteiger charge is 2.30. The van der Waals surface area contributed by atoms with Crippen LogP contribution in [0.25, 0.3) is 0 Å².